The van der Waals surface area contributed by atoms with E-state index in [1.165, 1.54) is 0 Å². The summed E-state index contributed by atoms with van der Waals surface area (Å²) >= 11 is 0. The van der Waals surface area contributed by atoms with Crippen LogP contribution in [0.4, 0.5) is 0 Å². The maximum atomic E-state index is 5.68. The molecule has 1 aliphatic rings. The van der Waals surface area contributed by atoms with Crippen LogP contribution in [-0.4, -0.2) is 19.3 Å². The smallest absolute Gasteiger partial charge is 0.134 e. The van der Waals surface area contributed by atoms with Gasteiger partial charge in [-0.25, -0.2) is 0 Å². The Balaban J connectivity index is 2.11. The quantitative estimate of drug-likeness (QED) is 0.805. The Kier molecular flexibility index (Phi) is 2.67. The second-order valence-corrected chi connectivity index (χ2v) is 4.49. The predicted octanol–water partition coefficient (Wildman–Crippen LogP) is 2.09. The minimum absolute atomic E-state index is 0.00547. The summed E-state index contributed by atoms with van der Waals surface area (Å²) in [5, 5.41) is 3.42. The fraction of sp³-hybridized carbons (Fsp3) is 0.500. The highest BCUT2D eigenvalue weighted by Gasteiger charge is 2.31. The molecule has 0 amide bonds. The zero-order valence-electron chi connectivity index (χ0n) is 9.41. The average molecular weight is 207 g/mol. The maximum Gasteiger partial charge on any atom is 0.134 e. The van der Waals surface area contributed by atoms with Crippen molar-refractivity contribution in [1.29, 1.82) is 0 Å². The number of hydrogen-bond acceptors (Lipinski definition) is 3. The van der Waals surface area contributed by atoms with E-state index in [1.807, 2.05) is 24.3 Å². The normalized spacial score (nSPS) is 24.1. The molecule has 1 fully saturated rings. The van der Waals surface area contributed by atoms with Gasteiger partial charge in [-0.2, -0.15) is 0 Å². The molecule has 1 saturated heterocycles. The van der Waals surface area contributed by atoms with Gasteiger partial charge in [0.2, 0.25) is 0 Å². The van der Waals surface area contributed by atoms with Gasteiger partial charge >= 0.3 is 0 Å². The van der Waals surface area contributed by atoms with Crippen molar-refractivity contribution in [3.05, 3.63) is 29.8 Å². The van der Waals surface area contributed by atoms with E-state index in [-0.39, 0.29) is 11.8 Å². The molecule has 1 heterocycles. The second-order valence-electron chi connectivity index (χ2n) is 4.49. The van der Waals surface area contributed by atoms with Crippen LogP contribution in [0.2, 0.25) is 0 Å². The topological polar surface area (TPSA) is 30.5 Å². The number of ether oxygens (including phenoxy) is 2. The minimum atomic E-state index is 0.00547. The van der Waals surface area contributed by atoms with Crippen LogP contribution in [0.1, 0.15) is 25.6 Å². The zero-order chi connectivity index (χ0) is 10.9. The first-order valence-corrected chi connectivity index (χ1v) is 5.14. The Hall–Kier alpha value is -1.06. The first-order valence-electron chi connectivity index (χ1n) is 5.14. The van der Waals surface area contributed by atoms with Gasteiger partial charge in [-0.3, -0.25) is 5.32 Å². The molecule has 1 aromatic carbocycles. The van der Waals surface area contributed by atoms with Gasteiger partial charge in [0.25, 0.3) is 0 Å². The first-order chi connectivity index (χ1) is 7.11. The molecule has 0 aromatic heterocycles. The molecule has 1 unspecified atom stereocenters. The molecule has 0 bridgehead atoms. The number of rotatable bonds is 2. The van der Waals surface area contributed by atoms with Gasteiger partial charge in [0.1, 0.15) is 12.0 Å². The molecule has 0 aliphatic carbocycles. The highest BCUT2D eigenvalue weighted by Crippen LogP contribution is 2.26. The molecule has 3 heteroatoms. The summed E-state index contributed by atoms with van der Waals surface area (Å²) < 4.78 is 10.8. The highest BCUT2D eigenvalue weighted by molar-refractivity contribution is 5.28. The molecule has 0 radical (unpaired) electrons. The Labute approximate surface area is 90.4 Å². The minimum Gasteiger partial charge on any atom is -0.497 e. The molecular formula is C12H17NO2. The summed E-state index contributed by atoms with van der Waals surface area (Å²) in [5.74, 6) is 0.871. The van der Waals surface area contributed by atoms with Gasteiger partial charge < -0.3 is 9.47 Å². The van der Waals surface area contributed by atoms with Crippen molar-refractivity contribution in [3.8, 4) is 5.75 Å². The highest BCUT2D eigenvalue weighted by atomic mass is 16.5. The van der Waals surface area contributed by atoms with Crippen molar-refractivity contribution in [2.45, 2.75) is 25.6 Å². The van der Waals surface area contributed by atoms with Crippen LogP contribution in [0.25, 0.3) is 0 Å². The van der Waals surface area contributed by atoms with Gasteiger partial charge in [0.05, 0.1) is 13.7 Å². The summed E-state index contributed by atoms with van der Waals surface area (Å²) in [6.07, 6.45) is 0.00547. The third-order valence-electron chi connectivity index (χ3n) is 2.55. The molecular weight excluding hydrogens is 190 g/mol. The summed E-state index contributed by atoms with van der Waals surface area (Å²) in [4.78, 5) is 0. The lowest BCUT2D eigenvalue weighted by molar-refractivity contribution is 0.0989. The molecule has 1 atom stereocenters. The molecule has 2 rings (SSSR count). The molecule has 1 aliphatic heterocycles. The SMILES string of the molecule is COc1ccc(C2NC(C)(C)CO2)cc1. The van der Waals surface area contributed by atoms with Crippen LogP contribution < -0.4 is 10.1 Å². The Bertz CT molecular complexity index is 332. The third-order valence-corrected chi connectivity index (χ3v) is 2.55. The van der Waals surface area contributed by atoms with Crippen molar-refractivity contribution < 1.29 is 9.47 Å². The number of benzene rings is 1. The zero-order valence-corrected chi connectivity index (χ0v) is 9.41. The standard InChI is InChI=1S/C12H17NO2/c1-12(2)8-15-11(13-12)9-4-6-10(14-3)7-5-9/h4-7,11,13H,8H2,1-3H3. The van der Waals surface area contributed by atoms with Crippen molar-refractivity contribution in [2.75, 3.05) is 13.7 Å². The molecule has 82 valence electrons. The lowest BCUT2D eigenvalue weighted by Crippen LogP contribution is -2.35. The Morgan fingerprint density at radius 2 is 2.00 bits per heavy atom. The number of methoxy groups -OCH3 is 1. The summed E-state index contributed by atoms with van der Waals surface area (Å²) in [6, 6.07) is 7.95. The van der Waals surface area contributed by atoms with E-state index < -0.39 is 0 Å². The third kappa shape index (κ3) is 2.30. The van der Waals surface area contributed by atoms with Crippen molar-refractivity contribution in [1.82, 2.24) is 5.32 Å². The van der Waals surface area contributed by atoms with E-state index in [1.54, 1.807) is 7.11 Å². The summed E-state index contributed by atoms with van der Waals surface area (Å²) in [5.41, 5.74) is 1.20. The number of nitrogens with one attached hydrogen (secondary N) is 1. The van der Waals surface area contributed by atoms with Crippen LogP contribution >= 0.6 is 0 Å². The molecule has 1 N–H and O–H groups in total. The van der Waals surface area contributed by atoms with Gasteiger partial charge in [-0.15, -0.1) is 0 Å². The van der Waals surface area contributed by atoms with Gasteiger partial charge in [0, 0.05) is 5.54 Å². The maximum absolute atomic E-state index is 5.68. The largest absolute Gasteiger partial charge is 0.497 e. The Morgan fingerprint density at radius 1 is 1.33 bits per heavy atom. The van der Waals surface area contributed by atoms with Crippen LogP contribution in [-0.2, 0) is 4.74 Å². The first kappa shape index (κ1) is 10.5. The Morgan fingerprint density at radius 3 is 2.47 bits per heavy atom. The molecule has 15 heavy (non-hydrogen) atoms. The fourth-order valence-corrected chi connectivity index (χ4v) is 1.69. The van der Waals surface area contributed by atoms with Gasteiger partial charge in [0.15, 0.2) is 0 Å². The summed E-state index contributed by atoms with van der Waals surface area (Å²) in [6.45, 7) is 5.01. The van der Waals surface area contributed by atoms with E-state index in [9.17, 15) is 0 Å². The van der Waals surface area contributed by atoms with E-state index in [0.29, 0.717) is 0 Å². The van der Waals surface area contributed by atoms with Crippen molar-refractivity contribution in [3.63, 3.8) is 0 Å². The van der Waals surface area contributed by atoms with Crippen molar-refractivity contribution >= 4 is 0 Å². The summed E-state index contributed by atoms with van der Waals surface area (Å²) in [7, 11) is 1.67. The lowest BCUT2D eigenvalue weighted by atomic mass is 10.1. The van der Waals surface area contributed by atoms with Crippen LogP contribution in [0.5, 0.6) is 5.75 Å². The lowest BCUT2D eigenvalue weighted by Gasteiger charge is -2.17. The molecule has 0 saturated carbocycles. The second kappa shape index (κ2) is 3.83. The van der Waals surface area contributed by atoms with E-state index in [2.05, 4.69) is 19.2 Å². The van der Waals surface area contributed by atoms with E-state index in [4.69, 9.17) is 9.47 Å². The monoisotopic (exact) mass is 207 g/mol. The van der Waals surface area contributed by atoms with Crippen LogP contribution in [0.3, 0.4) is 0 Å². The van der Waals surface area contributed by atoms with Gasteiger partial charge in [-0.1, -0.05) is 12.1 Å². The van der Waals surface area contributed by atoms with Crippen LogP contribution in [0, 0.1) is 0 Å². The molecule has 3 nitrogen and oxygen atoms in total. The average Bonchev–Trinajstić information content (AvgIpc) is 2.59. The predicted molar refractivity (Wildman–Crippen MR) is 58.9 cm³/mol. The van der Waals surface area contributed by atoms with E-state index in [0.717, 1.165) is 17.9 Å². The van der Waals surface area contributed by atoms with Crippen molar-refractivity contribution in [2.24, 2.45) is 0 Å². The van der Waals surface area contributed by atoms with E-state index >= 15 is 0 Å². The molecule has 0 spiro atoms. The fourth-order valence-electron chi connectivity index (χ4n) is 1.69. The van der Waals surface area contributed by atoms with Gasteiger partial charge in [-0.05, 0) is 31.5 Å². The molecule has 1 aromatic rings. The number of hydrogen-bond donors (Lipinski definition) is 1. The van der Waals surface area contributed by atoms with Crippen LogP contribution in [0.15, 0.2) is 24.3 Å².